The predicted molar refractivity (Wildman–Crippen MR) is 160 cm³/mol. The van der Waals surface area contributed by atoms with Gasteiger partial charge >= 0.3 is 11.9 Å². The summed E-state index contributed by atoms with van der Waals surface area (Å²) in [6, 6.07) is 27.7. The molecule has 4 rings (SSSR count). The van der Waals surface area contributed by atoms with E-state index in [-0.39, 0.29) is 31.3 Å². The van der Waals surface area contributed by atoms with Gasteiger partial charge in [-0.05, 0) is 47.9 Å². The van der Waals surface area contributed by atoms with E-state index in [2.05, 4.69) is 17.4 Å². The van der Waals surface area contributed by atoms with Crippen molar-refractivity contribution in [3.05, 3.63) is 96.1 Å². The zero-order valence-corrected chi connectivity index (χ0v) is 24.0. The Balaban J connectivity index is 1.44. The van der Waals surface area contributed by atoms with Gasteiger partial charge in [0.2, 0.25) is 5.91 Å². The maximum atomic E-state index is 13.4. The molecule has 0 spiro atoms. The molecule has 1 aliphatic rings. The number of unbranched alkanes of at least 4 members (excludes halogenated alkanes) is 1. The Bertz CT molecular complexity index is 1250. The molecule has 41 heavy (non-hydrogen) atoms. The van der Waals surface area contributed by atoms with Crippen LogP contribution in [0.15, 0.2) is 84.9 Å². The minimum Gasteiger partial charge on any atom is -0.466 e. The van der Waals surface area contributed by atoms with Crippen molar-refractivity contribution in [2.75, 3.05) is 6.61 Å². The molecule has 0 bridgehead atoms. The van der Waals surface area contributed by atoms with Gasteiger partial charge < -0.3 is 14.8 Å². The van der Waals surface area contributed by atoms with Gasteiger partial charge in [-0.2, -0.15) is 0 Å². The van der Waals surface area contributed by atoms with Gasteiger partial charge in [0.25, 0.3) is 0 Å². The molecule has 1 aliphatic carbocycles. The first-order valence-corrected chi connectivity index (χ1v) is 14.8. The highest BCUT2D eigenvalue weighted by atomic mass is 16.5. The fourth-order valence-electron chi connectivity index (χ4n) is 5.46. The Labute approximate surface area is 243 Å². The average Bonchev–Trinajstić information content (AvgIpc) is 3.44. The molecule has 0 heterocycles. The summed E-state index contributed by atoms with van der Waals surface area (Å²) in [5.41, 5.74) is 3.43. The van der Waals surface area contributed by atoms with Crippen molar-refractivity contribution < 1.29 is 23.9 Å². The van der Waals surface area contributed by atoms with Crippen molar-refractivity contribution in [1.82, 2.24) is 5.32 Å². The van der Waals surface area contributed by atoms with Gasteiger partial charge in [0, 0.05) is 6.42 Å². The van der Waals surface area contributed by atoms with Crippen molar-refractivity contribution in [1.29, 1.82) is 0 Å². The number of carbonyl (C=O) groups is 3. The highest BCUT2D eigenvalue weighted by molar-refractivity contribution is 5.84. The van der Waals surface area contributed by atoms with Gasteiger partial charge in [-0.15, -0.1) is 0 Å². The normalized spacial score (nSPS) is 14.7. The van der Waals surface area contributed by atoms with Crippen molar-refractivity contribution in [3.8, 4) is 11.1 Å². The maximum Gasteiger partial charge on any atom is 0.310 e. The third kappa shape index (κ3) is 9.31. The van der Waals surface area contributed by atoms with Crippen LogP contribution in [0.25, 0.3) is 11.1 Å². The molecule has 6 nitrogen and oxygen atoms in total. The molecule has 1 saturated carbocycles. The van der Waals surface area contributed by atoms with Gasteiger partial charge in [0.15, 0.2) is 0 Å². The lowest BCUT2D eigenvalue weighted by atomic mass is 9.91. The minimum absolute atomic E-state index is 0.0132. The molecule has 6 heteroatoms. The number of amides is 1. The van der Waals surface area contributed by atoms with Crippen molar-refractivity contribution >= 4 is 17.8 Å². The highest BCUT2D eigenvalue weighted by Gasteiger charge is 2.38. The summed E-state index contributed by atoms with van der Waals surface area (Å²) >= 11 is 0. The Hall–Kier alpha value is -3.93. The first kappa shape index (κ1) is 30.0. The summed E-state index contributed by atoms with van der Waals surface area (Å²) in [7, 11) is 0. The molecule has 3 aromatic rings. The molecular formula is C35H41NO5. The molecule has 216 valence electrons. The van der Waals surface area contributed by atoms with E-state index in [1.165, 1.54) is 0 Å². The van der Waals surface area contributed by atoms with E-state index in [0.29, 0.717) is 13.0 Å². The SMILES string of the molecule is CCCCOC(=O)CC1(NC(=O)CC(Cc2ccc(-c3ccccc3)cc2)C(=O)OCc2ccccc2)CCCC1. The second-order valence-electron chi connectivity index (χ2n) is 11.0. The highest BCUT2D eigenvalue weighted by Crippen LogP contribution is 2.33. The number of ether oxygens (including phenoxy) is 2. The van der Waals surface area contributed by atoms with Gasteiger partial charge in [0.1, 0.15) is 6.61 Å². The largest absolute Gasteiger partial charge is 0.466 e. The molecule has 1 atom stereocenters. The van der Waals surface area contributed by atoms with Gasteiger partial charge in [-0.25, -0.2) is 0 Å². The Morgan fingerprint density at radius 2 is 1.44 bits per heavy atom. The summed E-state index contributed by atoms with van der Waals surface area (Å²) in [6.07, 6.45) is 5.64. The van der Waals surface area contributed by atoms with E-state index in [1.54, 1.807) is 0 Å². The summed E-state index contributed by atoms with van der Waals surface area (Å²) in [5, 5.41) is 3.14. The monoisotopic (exact) mass is 555 g/mol. The zero-order valence-electron chi connectivity index (χ0n) is 24.0. The molecule has 0 saturated heterocycles. The molecule has 1 unspecified atom stereocenters. The van der Waals surface area contributed by atoms with Crippen molar-refractivity contribution in [2.24, 2.45) is 5.92 Å². The zero-order chi connectivity index (χ0) is 28.9. The van der Waals surface area contributed by atoms with Gasteiger partial charge in [0.05, 0.1) is 24.5 Å². The third-order valence-corrected chi connectivity index (χ3v) is 7.74. The van der Waals surface area contributed by atoms with Crippen LogP contribution in [0.5, 0.6) is 0 Å². The molecule has 1 N–H and O–H groups in total. The fourth-order valence-corrected chi connectivity index (χ4v) is 5.46. The summed E-state index contributed by atoms with van der Waals surface area (Å²) in [4.78, 5) is 39.2. The smallest absolute Gasteiger partial charge is 0.310 e. The van der Waals surface area contributed by atoms with Crippen LogP contribution in [0.3, 0.4) is 0 Å². The van der Waals surface area contributed by atoms with Crippen LogP contribution in [0.4, 0.5) is 0 Å². The Morgan fingerprint density at radius 3 is 2.10 bits per heavy atom. The quantitative estimate of drug-likeness (QED) is 0.175. The summed E-state index contributed by atoms with van der Waals surface area (Å²) < 4.78 is 11.1. The molecule has 0 radical (unpaired) electrons. The molecule has 1 fully saturated rings. The number of hydrogen-bond acceptors (Lipinski definition) is 5. The van der Waals surface area contributed by atoms with Crippen LogP contribution in [-0.4, -0.2) is 30.0 Å². The van der Waals surface area contributed by atoms with E-state index < -0.39 is 17.4 Å². The number of rotatable bonds is 14. The number of benzene rings is 3. The van der Waals surface area contributed by atoms with Crippen LogP contribution in [-0.2, 0) is 36.9 Å². The Kier molecular flexibility index (Phi) is 11.1. The van der Waals surface area contributed by atoms with Crippen LogP contribution in [0, 0.1) is 5.92 Å². The third-order valence-electron chi connectivity index (χ3n) is 7.74. The van der Waals surface area contributed by atoms with E-state index in [4.69, 9.17) is 9.47 Å². The molecule has 3 aromatic carbocycles. The topological polar surface area (TPSA) is 81.7 Å². The molecule has 0 aromatic heterocycles. The maximum absolute atomic E-state index is 13.4. The average molecular weight is 556 g/mol. The Morgan fingerprint density at radius 1 is 0.805 bits per heavy atom. The lowest BCUT2D eigenvalue weighted by molar-refractivity contribution is -0.152. The summed E-state index contributed by atoms with van der Waals surface area (Å²) in [5.74, 6) is -1.58. The van der Waals surface area contributed by atoms with Crippen LogP contribution in [0.2, 0.25) is 0 Å². The number of hydrogen-bond donors (Lipinski definition) is 1. The molecular weight excluding hydrogens is 514 g/mol. The first-order chi connectivity index (χ1) is 20.0. The van der Waals surface area contributed by atoms with E-state index in [9.17, 15) is 14.4 Å². The van der Waals surface area contributed by atoms with Crippen molar-refractivity contribution in [3.63, 3.8) is 0 Å². The van der Waals surface area contributed by atoms with Gasteiger partial charge in [-0.1, -0.05) is 111 Å². The van der Waals surface area contributed by atoms with Crippen LogP contribution in [0.1, 0.15) is 69.4 Å². The molecule has 0 aliphatic heterocycles. The summed E-state index contributed by atoms with van der Waals surface area (Å²) in [6.45, 7) is 2.60. The molecule has 1 amide bonds. The predicted octanol–water partition coefficient (Wildman–Crippen LogP) is 6.81. The first-order valence-electron chi connectivity index (χ1n) is 14.8. The second-order valence-corrected chi connectivity index (χ2v) is 11.0. The minimum atomic E-state index is -0.656. The van der Waals surface area contributed by atoms with E-state index in [0.717, 1.165) is 60.8 Å². The standard InChI is InChI=1S/C35H41NO5/c1-2-3-22-40-33(38)25-35(20-10-11-21-35)36-32(37)24-31(34(39)41-26-28-12-6-4-7-13-28)23-27-16-18-30(19-17-27)29-14-8-5-9-15-29/h4-9,12-19,31H,2-3,10-11,20-26H2,1H3,(H,36,37). The van der Waals surface area contributed by atoms with Crippen LogP contribution >= 0.6 is 0 Å². The van der Waals surface area contributed by atoms with Crippen LogP contribution < -0.4 is 5.32 Å². The fraction of sp³-hybridized carbons (Fsp3) is 0.400. The number of nitrogens with one attached hydrogen (secondary N) is 1. The second kappa shape index (κ2) is 15.2. The van der Waals surface area contributed by atoms with E-state index >= 15 is 0 Å². The van der Waals surface area contributed by atoms with Crippen molar-refractivity contribution in [2.45, 2.75) is 76.9 Å². The van der Waals surface area contributed by atoms with Gasteiger partial charge in [-0.3, -0.25) is 14.4 Å². The lowest BCUT2D eigenvalue weighted by Gasteiger charge is -2.30. The number of esters is 2. The number of carbonyl (C=O) groups excluding carboxylic acids is 3. The van der Waals surface area contributed by atoms with E-state index in [1.807, 2.05) is 79.7 Å². The lowest BCUT2D eigenvalue weighted by Crippen LogP contribution is -2.48.